The molecule has 3 aromatic heterocycles. The number of hydrogen-bond acceptors (Lipinski definition) is 6. The van der Waals surface area contributed by atoms with Crippen LogP contribution in [0.2, 0.25) is 0 Å². The lowest BCUT2D eigenvalue weighted by Gasteiger charge is -2.11. The Hall–Kier alpha value is -3.78. The lowest BCUT2D eigenvalue weighted by atomic mass is 10.1. The van der Waals surface area contributed by atoms with Gasteiger partial charge in [-0.15, -0.1) is 11.3 Å². The van der Waals surface area contributed by atoms with Gasteiger partial charge in [0.1, 0.15) is 11.2 Å². The highest BCUT2D eigenvalue weighted by Crippen LogP contribution is 2.20. The molecule has 0 aliphatic heterocycles. The van der Waals surface area contributed by atoms with E-state index in [1.807, 2.05) is 56.3 Å². The highest BCUT2D eigenvalue weighted by molar-refractivity contribution is 7.17. The average Bonchev–Trinajstić information content (AvgIpc) is 3.41. The molecule has 0 aliphatic carbocycles. The molecule has 5 aromatic rings. The molecule has 0 aliphatic rings. The summed E-state index contributed by atoms with van der Waals surface area (Å²) in [4.78, 5) is 30.9. The summed E-state index contributed by atoms with van der Waals surface area (Å²) in [7, 11) is 0. The zero-order valence-corrected chi connectivity index (χ0v) is 17.7. The van der Waals surface area contributed by atoms with Crippen LogP contribution in [0.4, 0.5) is 0 Å². The third-order valence-electron chi connectivity index (χ3n) is 5.05. The number of aromatic nitrogens is 4. The van der Waals surface area contributed by atoms with Gasteiger partial charge in [0.2, 0.25) is 11.7 Å². The van der Waals surface area contributed by atoms with Crippen molar-refractivity contribution in [1.29, 1.82) is 0 Å². The topological polar surface area (TPSA) is 82.9 Å². The van der Waals surface area contributed by atoms with Crippen molar-refractivity contribution in [2.24, 2.45) is 0 Å². The lowest BCUT2D eigenvalue weighted by Crippen LogP contribution is -2.38. The van der Waals surface area contributed by atoms with Gasteiger partial charge >= 0.3 is 5.69 Å². The summed E-state index contributed by atoms with van der Waals surface area (Å²) in [5.74, 6) is 0.751. The fourth-order valence-electron chi connectivity index (χ4n) is 3.59. The van der Waals surface area contributed by atoms with E-state index >= 15 is 0 Å². The molecule has 0 bridgehead atoms. The number of fused-ring (bicyclic) bond motifs is 1. The second kappa shape index (κ2) is 7.48. The van der Waals surface area contributed by atoms with Gasteiger partial charge in [-0.1, -0.05) is 41.1 Å². The number of benzene rings is 2. The molecule has 8 heteroatoms. The van der Waals surface area contributed by atoms with Crippen LogP contribution in [0, 0.1) is 13.8 Å². The van der Waals surface area contributed by atoms with Crippen molar-refractivity contribution in [2.45, 2.75) is 20.4 Å². The van der Waals surface area contributed by atoms with Crippen molar-refractivity contribution >= 4 is 21.6 Å². The molecule has 0 fully saturated rings. The van der Waals surface area contributed by atoms with Crippen LogP contribution in [0.15, 0.2) is 74.1 Å². The van der Waals surface area contributed by atoms with Gasteiger partial charge in [0.25, 0.3) is 5.56 Å². The van der Waals surface area contributed by atoms with E-state index in [0.717, 1.165) is 16.7 Å². The van der Waals surface area contributed by atoms with Crippen LogP contribution in [0.5, 0.6) is 0 Å². The van der Waals surface area contributed by atoms with Crippen LogP contribution in [0.3, 0.4) is 0 Å². The van der Waals surface area contributed by atoms with Gasteiger partial charge in [0.05, 0.1) is 11.2 Å². The van der Waals surface area contributed by atoms with Crippen LogP contribution < -0.4 is 11.2 Å². The van der Waals surface area contributed by atoms with Gasteiger partial charge in [0.15, 0.2) is 0 Å². The van der Waals surface area contributed by atoms with E-state index in [4.69, 9.17) is 4.52 Å². The Kier molecular flexibility index (Phi) is 4.63. The maximum Gasteiger partial charge on any atom is 0.336 e. The third-order valence-corrected chi connectivity index (χ3v) is 5.94. The quantitative estimate of drug-likeness (QED) is 0.431. The Labute approximate surface area is 180 Å². The van der Waals surface area contributed by atoms with Crippen molar-refractivity contribution < 1.29 is 4.52 Å². The monoisotopic (exact) mass is 430 g/mol. The minimum absolute atomic E-state index is 0.0664. The van der Waals surface area contributed by atoms with Crippen molar-refractivity contribution in [3.63, 3.8) is 0 Å². The predicted molar refractivity (Wildman–Crippen MR) is 120 cm³/mol. The molecule has 0 radical (unpaired) electrons. The zero-order valence-electron chi connectivity index (χ0n) is 16.9. The summed E-state index contributed by atoms with van der Waals surface area (Å²) >= 11 is 1.30. The van der Waals surface area contributed by atoms with E-state index < -0.39 is 5.69 Å². The summed E-state index contributed by atoms with van der Waals surface area (Å²) in [6.45, 7) is 3.98. The standard InChI is InChI=1S/C23H18N4O3S/c1-14-5-3-7-16(11-14)21-24-19(30-25-21)13-26-18-9-10-31-20(18)22(28)27(23(26)29)17-8-4-6-15(2)12-17/h3-12H,13H2,1-2H3. The molecule has 0 unspecified atom stereocenters. The van der Waals surface area contributed by atoms with E-state index in [0.29, 0.717) is 27.6 Å². The number of thiophene rings is 1. The van der Waals surface area contributed by atoms with Crippen LogP contribution in [0.25, 0.3) is 27.3 Å². The van der Waals surface area contributed by atoms with E-state index in [9.17, 15) is 9.59 Å². The molecule has 3 heterocycles. The molecule has 31 heavy (non-hydrogen) atoms. The second-order valence-electron chi connectivity index (χ2n) is 7.36. The smallest absolute Gasteiger partial charge is 0.336 e. The minimum atomic E-state index is -0.447. The van der Waals surface area contributed by atoms with E-state index in [-0.39, 0.29) is 12.1 Å². The van der Waals surface area contributed by atoms with E-state index in [1.165, 1.54) is 20.5 Å². The molecular formula is C23H18N4O3S. The largest absolute Gasteiger partial charge is 0.337 e. The first-order chi connectivity index (χ1) is 15.0. The molecule has 0 saturated carbocycles. The predicted octanol–water partition coefficient (Wildman–Crippen LogP) is 3.93. The Morgan fingerprint density at radius 3 is 2.55 bits per heavy atom. The van der Waals surface area contributed by atoms with Crippen molar-refractivity contribution in [3.05, 3.63) is 97.8 Å². The summed E-state index contributed by atoms with van der Waals surface area (Å²) in [5.41, 5.74) is 3.20. The summed E-state index contributed by atoms with van der Waals surface area (Å²) in [5, 5.41) is 5.86. The third kappa shape index (κ3) is 3.40. The van der Waals surface area contributed by atoms with Gasteiger partial charge in [-0.2, -0.15) is 4.98 Å². The molecule has 0 amide bonds. The van der Waals surface area contributed by atoms with E-state index in [1.54, 1.807) is 17.5 Å². The lowest BCUT2D eigenvalue weighted by molar-refractivity contribution is 0.370. The first-order valence-corrected chi connectivity index (χ1v) is 10.6. The molecule has 0 atom stereocenters. The first-order valence-electron chi connectivity index (χ1n) is 9.71. The maximum absolute atomic E-state index is 13.4. The fraction of sp³-hybridized carbons (Fsp3) is 0.130. The van der Waals surface area contributed by atoms with Crippen LogP contribution >= 0.6 is 11.3 Å². The molecule has 0 N–H and O–H groups in total. The SMILES string of the molecule is Cc1cccc(-c2noc(Cn3c(=O)n(-c4cccc(C)c4)c(=O)c4sccc43)n2)c1. The molecule has 0 saturated heterocycles. The summed E-state index contributed by atoms with van der Waals surface area (Å²) in [6.07, 6.45) is 0. The highest BCUT2D eigenvalue weighted by Gasteiger charge is 2.18. The molecule has 5 rings (SSSR count). The molecular weight excluding hydrogens is 412 g/mol. The van der Waals surface area contributed by atoms with Crippen molar-refractivity contribution in [3.8, 4) is 17.1 Å². The maximum atomic E-state index is 13.4. The van der Waals surface area contributed by atoms with Gasteiger partial charge in [-0.25, -0.2) is 9.36 Å². The molecule has 7 nitrogen and oxygen atoms in total. The van der Waals surface area contributed by atoms with Crippen LogP contribution in [-0.4, -0.2) is 19.3 Å². The molecule has 2 aromatic carbocycles. The Morgan fingerprint density at radius 2 is 1.77 bits per heavy atom. The molecule has 154 valence electrons. The van der Waals surface area contributed by atoms with Crippen molar-refractivity contribution in [2.75, 3.05) is 0 Å². The number of rotatable bonds is 4. The normalized spacial score (nSPS) is 11.3. The highest BCUT2D eigenvalue weighted by atomic mass is 32.1. The second-order valence-corrected chi connectivity index (χ2v) is 8.28. The Balaban J connectivity index is 1.64. The minimum Gasteiger partial charge on any atom is -0.337 e. The molecule has 0 spiro atoms. The zero-order chi connectivity index (χ0) is 21.5. The van der Waals surface area contributed by atoms with Gasteiger partial charge in [0, 0.05) is 5.56 Å². The summed E-state index contributed by atoms with van der Waals surface area (Å²) in [6, 6.07) is 16.9. The van der Waals surface area contributed by atoms with Crippen LogP contribution in [0.1, 0.15) is 17.0 Å². The summed E-state index contributed by atoms with van der Waals surface area (Å²) < 4.78 is 8.63. The Bertz CT molecular complexity index is 1540. The van der Waals surface area contributed by atoms with Crippen molar-refractivity contribution in [1.82, 2.24) is 19.3 Å². The van der Waals surface area contributed by atoms with Gasteiger partial charge < -0.3 is 4.52 Å². The van der Waals surface area contributed by atoms with E-state index in [2.05, 4.69) is 10.1 Å². The van der Waals surface area contributed by atoms with Crippen LogP contribution in [-0.2, 0) is 6.54 Å². The number of hydrogen-bond donors (Lipinski definition) is 0. The number of nitrogens with zero attached hydrogens (tertiary/aromatic N) is 4. The Morgan fingerprint density at radius 1 is 1.00 bits per heavy atom. The average molecular weight is 430 g/mol. The first kappa shape index (κ1) is 19.2. The number of aryl methyl sites for hydroxylation is 2. The van der Waals surface area contributed by atoms with Gasteiger partial charge in [-0.05, 0) is 49.1 Å². The fourth-order valence-corrected chi connectivity index (χ4v) is 4.41. The van der Waals surface area contributed by atoms with Gasteiger partial charge in [-0.3, -0.25) is 9.36 Å².